The van der Waals surface area contributed by atoms with Crippen LogP contribution < -0.4 is 10.6 Å². The number of nitrogens with zero attached hydrogens (tertiary/aromatic N) is 1. The van der Waals surface area contributed by atoms with Crippen molar-refractivity contribution >= 4 is 29.1 Å². The smallest absolute Gasteiger partial charge is 0.313 e. The van der Waals surface area contributed by atoms with Gasteiger partial charge in [-0.3, -0.25) is 9.59 Å². The van der Waals surface area contributed by atoms with Gasteiger partial charge in [0.2, 0.25) is 0 Å². The van der Waals surface area contributed by atoms with Gasteiger partial charge in [0, 0.05) is 6.20 Å². The molecule has 0 aliphatic heterocycles. The van der Waals surface area contributed by atoms with Crippen molar-refractivity contribution in [1.29, 1.82) is 0 Å². The Morgan fingerprint density at radius 1 is 1.26 bits per heavy atom. The third kappa shape index (κ3) is 3.56. The van der Waals surface area contributed by atoms with Gasteiger partial charge in [0.1, 0.15) is 5.76 Å². The first kappa shape index (κ1) is 13.1. The van der Waals surface area contributed by atoms with Crippen LogP contribution in [0.1, 0.15) is 5.76 Å². The Hall–Kier alpha value is -2.34. The van der Waals surface area contributed by atoms with Crippen LogP contribution in [0.3, 0.4) is 0 Å². The number of amides is 2. The van der Waals surface area contributed by atoms with Crippen molar-refractivity contribution in [3.63, 3.8) is 0 Å². The quantitative estimate of drug-likeness (QED) is 0.660. The van der Waals surface area contributed by atoms with E-state index >= 15 is 0 Å². The number of pyridine rings is 1. The van der Waals surface area contributed by atoms with E-state index in [9.17, 15) is 9.59 Å². The lowest BCUT2D eigenvalue weighted by Gasteiger charge is -2.06. The van der Waals surface area contributed by atoms with Gasteiger partial charge >= 0.3 is 11.8 Å². The van der Waals surface area contributed by atoms with Crippen LogP contribution >= 0.6 is 11.6 Å². The van der Waals surface area contributed by atoms with Crippen LogP contribution in [0.15, 0.2) is 41.1 Å². The number of hydrogen-bond acceptors (Lipinski definition) is 4. The largest absolute Gasteiger partial charge is 0.467 e. The molecule has 7 heteroatoms. The molecule has 0 radical (unpaired) electrons. The summed E-state index contributed by atoms with van der Waals surface area (Å²) in [5, 5.41) is 4.90. The van der Waals surface area contributed by atoms with E-state index in [1.165, 1.54) is 12.5 Å². The predicted octanol–water partition coefficient (Wildman–Crippen LogP) is 1.58. The van der Waals surface area contributed by atoms with E-state index in [2.05, 4.69) is 15.6 Å². The maximum absolute atomic E-state index is 11.6. The zero-order valence-electron chi connectivity index (χ0n) is 9.72. The predicted molar refractivity (Wildman–Crippen MR) is 68.4 cm³/mol. The maximum atomic E-state index is 11.6. The fraction of sp³-hybridized carbons (Fsp3) is 0.0833. The third-order valence-electron chi connectivity index (χ3n) is 2.22. The van der Waals surface area contributed by atoms with E-state index in [0.717, 1.165) is 0 Å². The van der Waals surface area contributed by atoms with Gasteiger partial charge in [-0.1, -0.05) is 11.6 Å². The molecule has 2 aromatic rings. The molecule has 0 atom stereocenters. The first-order chi connectivity index (χ1) is 9.16. The van der Waals surface area contributed by atoms with Gasteiger partial charge in [0.15, 0.2) is 5.15 Å². The van der Waals surface area contributed by atoms with Crippen LogP contribution in [0.25, 0.3) is 0 Å². The fourth-order valence-corrected chi connectivity index (χ4v) is 1.49. The van der Waals surface area contributed by atoms with Crippen LogP contribution in [0.5, 0.6) is 0 Å². The lowest BCUT2D eigenvalue weighted by atomic mass is 10.4. The molecule has 0 spiro atoms. The van der Waals surface area contributed by atoms with Gasteiger partial charge in [0.25, 0.3) is 0 Å². The molecule has 0 aromatic carbocycles. The second-order valence-electron chi connectivity index (χ2n) is 3.56. The number of carbonyl (C=O) groups is 2. The minimum Gasteiger partial charge on any atom is -0.467 e. The molecular weight excluding hydrogens is 270 g/mol. The number of hydrogen-bond donors (Lipinski definition) is 2. The molecule has 2 N–H and O–H groups in total. The van der Waals surface area contributed by atoms with Gasteiger partial charge in [-0.15, -0.1) is 0 Å². The van der Waals surface area contributed by atoms with Crippen LogP contribution in [-0.4, -0.2) is 16.8 Å². The second kappa shape index (κ2) is 6.01. The molecule has 0 aliphatic rings. The molecule has 0 aliphatic carbocycles. The van der Waals surface area contributed by atoms with E-state index in [1.54, 1.807) is 24.3 Å². The molecule has 19 heavy (non-hydrogen) atoms. The normalized spacial score (nSPS) is 9.95. The summed E-state index contributed by atoms with van der Waals surface area (Å²) in [5.41, 5.74) is 0.280. The number of anilines is 1. The summed E-state index contributed by atoms with van der Waals surface area (Å²) in [6.07, 6.45) is 2.96. The minimum atomic E-state index is -0.818. The standard InChI is InChI=1S/C12H10ClN3O3/c13-10-9(4-1-5-14-10)16-12(18)11(17)15-7-8-3-2-6-19-8/h1-6H,7H2,(H,15,17)(H,16,18). The van der Waals surface area contributed by atoms with Crippen molar-refractivity contribution in [3.05, 3.63) is 47.6 Å². The first-order valence-corrected chi connectivity index (χ1v) is 5.76. The minimum absolute atomic E-state index is 0.120. The summed E-state index contributed by atoms with van der Waals surface area (Å²) in [4.78, 5) is 26.9. The number of aromatic nitrogens is 1. The van der Waals surface area contributed by atoms with E-state index in [0.29, 0.717) is 5.76 Å². The van der Waals surface area contributed by atoms with Crippen LogP contribution in [0.2, 0.25) is 5.15 Å². The Morgan fingerprint density at radius 2 is 2.11 bits per heavy atom. The zero-order chi connectivity index (χ0) is 13.7. The van der Waals surface area contributed by atoms with Crippen molar-refractivity contribution < 1.29 is 14.0 Å². The molecule has 2 amide bonds. The molecular formula is C12H10ClN3O3. The molecule has 2 rings (SSSR count). The lowest BCUT2D eigenvalue weighted by molar-refractivity contribution is -0.136. The van der Waals surface area contributed by atoms with E-state index in [1.807, 2.05) is 0 Å². The number of carbonyl (C=O) groups excluding carboxylic acids is 2. The Kier molecular flexibility index (Phi) is 4.15. The number of rotatable bonds is 3. The average Bonchev–Trinajstić information content (AvgIpc) is 2.91. The summed E-state index contributed by atoms with van der Waals surface area (Å²) >= 11 is 5.76. The van der Waals surface area contributed by atoms with Gasteiger partial charge in [-0.25, -0.2) is 4.98 Å². The second-order valence-corrected chi connectivity index (χ2v) is 3.92. The fourth-order valence-electron chi connectivity index (χ4n) is 1.32. The van der Waals surface area contributed by atoms with Gasteiger partial charge in [0.05, 0.1) is 18.5 Å². The lowest BCUT2D eigenvalue weighted by Crippen LogP contribution is -2.34. The van der Waals surface area contributed by atoms with Crippen molar-refractivity contribution in [1.82, 2.24) is 10.3 Å². The average molecular weight is 280 g/mol. The Bertz CT molecular complexity index is 584. The molecule has 2 aromatic heterocycles. The number of furan rings is 1. The molecule has 98 valence electrons. The number of halogens is 1. The van der Waals surface area contributed by atoms with Crippen molar-refractivity contribution in [3.8, 4) is 0 Å². The van der Waals surface area contributed by atoms with Crippen molar-refractivity contribution in [2.75, 3.05) is 5.32 Å². The van der Waals surface area contributed by atoms with E-state index in [4.69, 9.17) is 16.0 Å². The first-order valence-electron chi connectivity index (χ1n) is 5.39. The van der Waals surface area contributed by atoms with Crippen molar-refractivity contribution in [2.45, 2.75) is 6.54 Å². The maximum Gasteiger partial charge on any atom is 0.313 e. The Morgan fingerprint density at radius 3 is 2.79 bits per heavy atom. The molecule has 0 fully saturated rings. The highest BCUT2D eigenvalue weighted by molar-refractivity contribution is 6.41. The summed E-state index contributed by atoms with van der Waals surface area (Å²) in [7, 11) is 0. The van der Waals surface area contributed by atoms with E-state index < -0.39 is 11.8 Å². The third-order valence-corrected chi connectivity index (χ3v) is 2.52. The molecule has 0 saturated heterocycles. The van der Waals surface area contributed by atoms with E-state index in [-0.39, 0.29) is 17.4 Å². The molecule has 6 nitrogen and oxygen atoms in total. The topological polar surface area (TPSA) is 84.2 Å². The van der Waals surface area contributed by atoms with Crippen LogP contribution in [-0.2, 0) is 16.1 Å². The highest BCUT2D eigenvalue weighted by Gasteiger charge is 2.15. The molecule has 2 heterocycles. The summed E-state index contributed by atoms with van der Waals surface area (Å²) in [5.74, 6) is -1.04. The van der Waals surface area contributed by atoms with Gasteiger partial charge in [-0.05, 0) is 24.3 Å². The molecule has 0 saturated carbocycles. The van der Waals surface area contributed by atoms with Gasteiger partial charge in [-0.2, -0.15) is 0 Å². The summed E-state index contributed by atoms with van der Waals surface area (Å²) < 4.78 is 5.02. The molecule has 0 unspecified atom stereocenters. The van der Waals surface area contributed by atoms with Crippen LogP contribution in [0, 0.1) is 0 Å². The van der Waals surface area contributed by atoms with Crippen LogP contribution in [0.4, 0.5) is 5.69 Å². The highest BCUT2D eigenvalue weighted by atomic mass is 35.5. The monoisotopic (exact) mass is 279 g/mol. The molecule has 0 bridgehead atoms. The Balaban J connectivity index is 1.89. The van der Waals surface area contributed by atoms with Gasteiger partial charge < -0.3 is 15.1 Å². The number of nitrogens with one attached hydrogen (secondary N) is 2. The summed E-state index contributed by atoms with van der Waals surface area (Å²) in [6, 6.07) is 6.53. The Labute approximate surface area is 113 Å². The zero-order valence-corrected chi connectivity index (χ0v) is 10.5. The highest BCUT2D eigenvalue weighted by Crippen LogP contribution is 2.16. The summed E-state index contributed by atoms with van der Waals surface area (Å²) in [6.45, 7) is 0.139. The SMILES string of the molecule is O=C(NCc1ccco1)C(=O)Nc1cccnc1Cl. The van der Waals surface area contributed by atoms with Crippen molar-refractivity contribution in [2.24, 2.45) is 0 Å².